The number of rotatable bonds is 4. The van der Waals surface area contributed by atoms with Crippen molar-refractivity contribution in [2.45, 2.75) is 32.7 Å². The number of nitrogens with zero attached hydrogens (tertiary/aromatic N) is 1. The normalized spacial score (nSPS) is 11.3. The number of aryl methyl sites for hydroxylation is 1. The molecule has 0 saturated heterocycles. The zero-order chi connectivity index (χ0) is 13.3. The fourth-order valence-electron chi connectivity index (χ4n) is 2.21. The second kappa shape index (κ2) is 5.02. The molecule has 1 aromatic carbocycles. The number of hydrogen-bond acceptors (Lipinski definition) is 1. The number of hydrogen-bond donors (Lipinski definition) is 1. The molecule has 1 aromatic heterocycles. The van der Waals surface area contributed by atoms with Crippen molar-refractivity contribution >= 4 is 28.5 Å². The summed E-state index contributed by atoms with van der Waals surface area (Å²) in [5, 5.41) is 10.5. The lowest BCUT2D eigenvalue weighted by Gasteiger charge is -2.08. The molecule has 3 nitrogen and oxygen atoms in total. The topological polar surface area (TPSA) is 42.2 Å². The van der Waals surface area contributed by atoms with Gasteiger partial charge in [0.25, 0.3) is 0 Å². The number of benzene rings is 1. The van der Waals surface area contributed by atoms with Crippen molar-refractivity contribution in [1.29, 1.82) is 0 Å². The molecular formula is C14H16ClNO2. The summed E-state index contributed by atoms with van der Waals surface area (Å²) in [5.41, 5.74) is 2.07. The Labute approximate surface area is 111 Å². The minimum Gasteiger partial charge on any atom is -0.481 e. The summed E-state index contributed by atoms with van der Waals surface area (Å²) in [5.74, 6) is -0.785. The monoisotopic (exact) mass is 265 g/mol. The van der Waals surface area contributed by atoms with Gasteiger partial charge in [-0.2, -0.15) is 0 Å². The molecule has 0 radical (unpaired) electrons. The van der Waals surface area contributed by atoms with E-state index in [4.69, 9.17) is 16.7 Å². The molecule has 0 aliphatic carbocycles. The van der Waals surface area contributed by atoms with Crippen LogP contribution in [0.15, 0.2) is 24.4 Å². The highest BCUT2D eigenvalue weighted by atomic mass is 35.5. The van der Waals surface area contributed by atoms with Gasteiger partial charge in [0.1, 0.15) is 0 Å². The van der Waals surface area contributed by atoms with Crippen LogP contribution in [0.1, 0.15) is 31.9 Å². The summed E-state index contributed by atoms with van der Waals surface area (Å²) in [6.45, 7) is 4.20. The van der Waals surface area contributed by atoms with Crippen molar-refractivity contribution in [3.8, 4) is 0 Å². The van der Waals surface area contributed by atoms with Crippen molar-refractivity contribution < 1.29 is 9.90 Å². The van der Waals surface area contributed by atoms with Gasteiger partial charge in [-0.25, -0.2) is 0 Å². The molecule has 0 bridgehead atoms. The van der Waals surface area contributed by atoms with E-state index in [1.54, 1.807) is 0 Å². The number of carboxylic acid groups (broad SMARTS) is 1. The molecule has 2 rings (SSSR count). The Balaban J connectivity index is 2.55. The fraction of sp³-hybridized carbons (Fsp3) is 0.357. The first-order valence-corrected chi connectivity index (χ1v) is 6.38. The Hall–Kier alpha value is -1.48. The van der Waals surface area contributed by atoms with Crippen LogP contribution in [0.25, 0.3) is 10.9 Å². The lowest BCUT2D eigenvalue weighted by atomic mass is 10.1. The number of fused-ring (bicyclic) bond motifs is 1. The van der Waals surface area contributed by atoms with Gasteiger partial charge >= 0.3 is 5.97 Å². The predicted molar refractivity (Wildman–Crippen MR) is 73.3 cm³/mol. The van der Waals surface area contributed by atoms with Crippen LogP contribution in [0.2, 0.25) is 5.02 Å². The molecule has 96 valence electrons. The van der Waals surface area contributed by atoms with E-state index < -0.39 is 5.97 Å². The molecule has 0 aliphatic heterocycles. The zero-order valence-corrected chi connectivity index (χ0v) is 11.2. The molecule has 0 saturated carbocycles. The van der Waals surface area contributed by atoms with Gasteiger partial charge < -0.3 is 9.67 Å². The van der Waals surface area contributed by atoms with E-state index in [9.17, 15) is 4.79 Å². The maximum atomic E-state index is 10.7. The van der Waals surface area contributed by atoms with Gasteiger partial charge in [-0.3, -0.25) is 4.79 Å². The van der Waals surface area contributed by atoms with Gasteiger partial charge in [-0.15, -0.1) is 0 Å². The molecule has 1 heterocycles. The van der Waals surface area contributed by atoms with Crippen LogP contribution in [0.4, 0.5) is 0 Å². The highest BCUT2D eigenvalue weighted by Gasteiger charge is 2.13. The van der Waals surface area contributed by atoms with Crippen LogP contribution in [0.5, 0.6) is 0 Å². The minimum absolute atomic E-state index is 0.127. The van der Waals surface area contributed by atoms with Crippen LogP contribution >= 0.6 is 11.6 Å². The second-order valence-corrected chi connectivity index (χ2v) is 5.09. The quantitative estimate of drug-likeness (QED) is 0.911. The third-order valence-electron chi connectivity index (χ3n) is 3.05. The maximum Gasteiger partial charge on any atom is 0.303 e. The summed E-state index contributed by atoms with van der Waals surface area (Å²) < 4.78 is 2.14. The first kappa shape index (κ1) is 13.0. The van der Waals surface area contributed by atoms with Crippen molar-refractivity contribution in [1.82, 2.24) is 4.57 Å². The zero-order valence-electron chi connectivity index (χ0n) is 10.5. The van der Waals surface area contributed by atoms with E-state index in [1.165, 1.54) is 0 Å². The highest BCUT2D eigenvalue weighted by Crippen LogP contribution is 2.31. The molecule has 0 spiro atoms. The number of carbonyl (C=O) groups is 1. The highest BCUT2D eigenvalue weighted by molar-refractivity contribution is 6.35. The molecule has 4 heteroatoms. The lowest BCUT2D eigenvalue weighted by molar-refractivity contribution is -0.136. The fourth-order valence-corrected chi connectivity index (χ4v) is 2.50. The van der Waals surface area contributed by atoms with E-state index in [0.717, 1.165) is 16.5 Å². The van der Waals surface area contributed by atoms with Gasteiger partial charge in [-0.1, -0.05) is 17.7 Å². The second-order valence-electron chi connectivity index (χ2n) is 4.68. The number of carboxylic acids is 1. The summed E-state index contributed by atoms with van der Waals surface area (Å²) in [6.07, 6.45) is 2.65. The summed E-state index contributed by atoms with van der Waals surface area (Å²) >= 11 is 6.23. The van der Waals surface area contributed by atoms with Gasteiger partial charge in [0, 0.05) is 24.0 Å². The van der Waals surface area contributed by atoms with Gasteiger partial charge in [-0.05, 0) is 38.0 Å². The average molecular weight is 266 g/mol. The molecule has 1 N–H and O–H groups in total. The van der Waals surface area contributed by atoms with Crippen LogP contribution in [0, 0.1) is 0 Å². The van der Waals surface area contributed by atoms with Crippen molar-refractivity contribution in [2.75, 3.05) is 0 Å². The van der Waals surface area contributed by atoms with Gasteiger partial charge in [0.05, 0.1) is 10.5 Å². The van der Waals surface area contributed by atoms with E-state index in [-0.39, 0.29) is 6.42 Å². The Bertz CT molecular complexity index is 587. The first-order chi connectivity index (χ1) is 8.50. The maximum absolute atomic E-state index is 10.7. The summed E-state index contributed by atoms with van der Waals surface area (Å²) in [7, 11) is 0. The van der Waals surface area contributed by atoms with Crippen molar-refractivity contribution in [3.05, 3.63) is 35.0 Å². The van der Waals surface area contributed by atoms with E-state index in [1.807, 2.05) is 24.4 Å². The molecule has 0 amide bonds. The van der Waals surface area contributed by atoms with E-state index in [2.05, 4.69) is 18.4 Å². The Morgan fingerprint density at radius 3 is 2.78 bits per heavy atom. The van der Waals surface area contributed by atoms with Crippen LogP contribution in [-0.2, 0) is 11.2 Å². The molecule has 2 aromatic rings. The van der Waals surface area contributed by atoms with Crippen LogP contribution in [-0.4, -0.2) is 15.6 Å². The molecule has 0 unspecified atom stereocenters. The van der Waals surface area contributed by atoms with Crippen molar-refractivity contribution in [3.63, 3.8) is 0 Å². The number of aromatic nitrogens is 1. The largest absolute Gasteiger partial charge is 0.481 e. The van der Waals surface area contributed by atoms with E-state index >= 15 is 0 Å². The Morgan fingerprint density at radius 2 is 2.17 bits per heavy atom. The number of halogens is 1. The van der Waals surface area contributed by atoms with Crippen molar-refractivity contribution in [2.24, 2.45) is 0 Å². The summed E-state index contributed by atoms with van der Waals surface area (Å²) in [4.78, 5) is 10.7. The van der Waals surface area contributed by atoms with E-state index in [0.29, 0.717) is 17.5 Å². The third-order valence-corrected chi connectivity index (χ3v) is 3.37. The smallest absolute Gasteiger partial charge is 0.303 e. The molecule has 0 atom stereocenters. The summed E-state index contributed by atoms with van der Waals surface area (Å²) in [6, 6.07) is 6.11. The minimum atomic E-state index is -0.785. The first-order valence-electron chi connectivity index (χ1n) is 6.00. The molecule has 18 heavy (non-hydrogen) atoms. The Morgan fingerprint density at radius 1 is 1.44 bits per heavy atom. The van der Waals surface area contributed by atoms with Gasteiger partial charge in [0.15, 0.2) is 0 Å². The molecule has 0 aliphatic rings. The SMILES string of the molecule is CC(C)n1cc(CCC(=O)O)c2c(Cl)cccc21. The lowest BCUT2D eigenvalue weighted by Crippen LogP contribution is -1.98. The van der Waals surface area contributed by atoms with Crippen LogP contribution < -0.4 is 0 Å². The number of aliphatic carboxylic acids is 1. The van der Waals surface area contributed by atoms with Crippen LogP contribution in [0.3, 0.4) is 0 Å². The average Bonchev–Trinajstić information content (AvgIpc) is 2.67. The molecular weight excluding hydrogens is 250 g/mol. The molecule has 0 fully saturated rings. The standard InChI is InChI=1S/C14H16ClNO2/c1-9(2)16-8-10(6-7-13(17)18)14-11(15)4-3-5-12(14)16/h3-5,8-9H,6-7H2,1-2H3,(H,17,18). The third kappa shape index (κ3) is 2.36. The Kier molecular flexibility index (Phi) is 3.62. The predicted octanol–water partition coefficient (Wildman–Crippen LogP) is 3.89. The van der Waals surface area contributed by atoms with Gasteiger partial charge in [0.2, 0.25) is 0 Å².